The fourth-order valence-corrected chi connectivity index (χ4v) is 8.38. The topological polar surface area (TPSA) is 9.86 Å². The largest absolute Gasteiger partial charge is 0.314 e. The molecule has 0 unspecified atom stereocenters. The van der Waals surface area contributed by atoms with Gasteiger partial charge < -0.3 is 9.13 Å². The molecule has 2 heterocycles. The number of nitrogens with zero attached hydrogens (tertiary/aromatic N) is 2. The first-order valence-electron chi connectivity index (χ1n) is 17.1. The average Bonchev–Trinajstić information content (AvgIpc) is 3.79. The van der Waals surface area contributed by atoms with Gasteiger partial charge in [-0.2, -0.15) is 0 Å². The summed E-state index contributed by atoms with van der Waals surface area (Å²) in [5.41, 5.74) is 16.3. The maximum atomic E-state index is 2.48. The standard InChI is InChI=1S/C47H34N2/c1-47(2)42-22-11-9-20-36(42)37-25-24-33(29-43(37)47)32-16-13-19-35(28-32)49-44-23-12-10-21-38(44)39-26-27-40-41(31-14-5-3-6-15-31)30-48(45(40)46(39)49)34-17-7-4-8-18-34/h3-30H,1-2H3. The molecule has 9 aromatic rings. The highest BCUT2D eigenvalue weighted by molar-refractivity contribution is 6.20. The Morgan fingerprint density at radius 2 is 1.06 bits per heavy atom. The van der Waals surface area contributed by atoms with E-state index in [1.807, 2.05) is 0 Å². The van der Waals surface area contributed by atoms with E-state index in [0.29, 0.717) is 0 Å². The summed E-state index contributed by atoms with van der Waals surface area (Å²) in [6.07, 6.45) is 2.32. The highest BCUT2D eigenvalue weighted by Crippen LogP contribution is 2.50. The van der Waals surface area contributed by atoms with Gasteiger partial charge in [0.25, 0.3) is 0 Å². The molecular formula is C47H34N2. The maximum Gasteiger partial charge on any atom is 0.0788 e. The van der Waals surface area contributed by atoms with E-state index < -0.39 is 0 Å². The van der Waals surface area contributed by atoms with Crippen molar-refractivity contribution in [3.05, 3.63) is 181 Å². The predicted octanol–water partition coefficient (Wildman–Crippen LogP) is 12.4. The van der Waals surface area contributed by atoms with Gasteiger partial charge in [-0.15, -0.1) is 0 Å². The molecule has 2 heteroatoms. The molecule has 1 aliphatic carbocycles. The van der Waals surface area contributed by atoms with E-state index in [1.54, 1.807) is 0 Å². The third-order valence-corrected chi connectivity index (χ3v) is 10.7. The number of hydrogen-bond acceptors (Lipinski definition) is 0. The van der Waals surface area contributed by atoms with Crippen LogP contribution in [0.2, 0.25) is 0 Å². The number of hydrogen-bond donors (Lipinski definition) is 0. The van der Waals surface area contributed by atoms with Crippen LogP contribution in [0.4, 0.5) is 0 Å². The molecule has 0 bridgehead atoms. The van der Waals surface area contributed by atoms with Gasteiger partial charge in [0.05, 0.1) is 16.6 Å². The normalized spacial score (nSPS) is 13.3. The lowest BCUT2D eigenvalue weighted by Gasteiger charge is -2.22. The maximum absolute atomic E-state index is 2.48. The van der Waals surface area contributed by atoms with Gasteiger partial charge in [-0.05, 0) is 75.3 Å². The number of para-hydroxylation sites is 2. The molecule has 2 nitrogen and oxygen atoms in total. The highest BCUT2D eigenvalue weighted by Gasteiger charge is 2.35. The monoisotopic (exact) mass is 626 g/mol. The summed E-state index contributed by atoms with van der Waals surface area (Å²) in [5, 5.41) is 3.74. The zero-order chi connectivity index (χ0) is 32.7. The van der Waals surface area contributed by atoms with E-state index in [9.17, 15) is 0 Å². The van der Waals surface area contributed by atoms with Crippen molar-refractivity contribution >= 4 is 32.7 Å². The van der Waals surface area contributed by atoms with Gasteiger partial charge in [-0.3, -0.25) is 0 Å². The van der Waals surface area contributed by atoms with Crippen LogP contribution >= 0.6 is 0 Å². The molecule has 2 aromatic heterocycles. The Bertz CT molecular complexity index is 2720. The second kappa shape index (κ2) is 10.4. The van der Waals surface area contributed by atoms with Crippen molar-refractivity contribution in [3.63, 3.8) is 0 Å². The molecule has 10 rings (SSSR count). The van der Waals surface area contributed by atoms with Crippen LogP contribution in [0.25, 0.3) is 77.5 Å². The molecule has 0 spiro atoms. The summed E-state index contributed by atoms with van der Waals surface area (Å²) in [6, 6.07) is 60.0. The minimum Gasteiger partial charge on any atom is -0.314 e. The predicted molar refractivity (Wildman–Crippen MR) is 206 cm³/mol. The number of aromatic nitrogens is 2. The molecular weight excluding hydrogens is 593 g/mol. The van der Waals surface area contributed by atoms with Crippen molar-refractivity contribution in [3.8, 4) is 44.8 Å². The molecule has 49 heavy (non-hydrogen) atoms. The fourth-order valence-electron chi connectivity index (χ4n) is 8.38. The van der Waals surface area contributed by atoms with Crippen molar-refractivity contribution in [2.24, 2.45) is 0 Å². The Morgan fingerprint density at radius 1 is 0.408 bits per heavy atom. The van der Waals surface area contributed by atoms with Crippen LogP contribution in [0, 0.1) is 0 Å². The second-order valence-corrected chi connectivity index (χ2v) is 13.8. The second-order valence-electron chi connectivity index (χ2n) is 13.8. The SMILES string of the molecule is CC1(C)c2ccccc2-c2ccc(-c3cccc(-n4c5ccccc5c5ccc6c(-c7ccccc7)cn(-c7ccccc7)c6c54)c3)cc21. The van der Waals surface area contributed by atoms with Gasteiger partial charge in [0.15, 0.2) is 0 Å². The molecule has 0 aliphatic heterocycles. The minimum absolute atomic E-state index is 0.0444. The van der Waals surface area contributed by atoms with Crippen LogP contribution in [0.5, 0.6) is 0 Å². The zero-order valence-corrected chi connectivity index (χ0v) is 27.6. The summed E-state index contributed by atoms with van der Waals surface area (Å²) in [4.78, 5) is 0. The van der Waals surface area contributed by atoms with E-state index in [-0.39, 0.29) is 5.41 Å². The van der Waals surface area contributed by atoms with Crippen LogP contribution in [-0.4, -0.2) is 9.13 Å². The van der Waals surface area contributed by atoms with Gasteiger partial charge in [-0.25, -0.2) is 0 Å². The average molecular weight is 627 g/mol. The van der Waals surface area contributed by atoms with Gasteiger partial charge in [0.1, 0.15) is 0 Å². The Kier molecular flexibility index (Phi) is 5.95. The first-order valence-corrected chi connectivity index (χ1v) is 17.1. The first-order chi connectivity index (χ1) is 24.1. The molecule has 0 saturated heterocycles. The summed E-state index contributed by atoms with van der Waals surface area (Å²) in [5.74, 6) is 0. The van der Waals surface area contributed by atoms with E-state index >= 15 is 0 Å². The number of fused-ring (bicyclic) bond motifs is 8. The van der Waals surface area contributed by atoms with E-state index in [0.717, 1.165) is 11.4 Å². The molecule has 1 aliphatic rings. The van der Waals surface area contributed by atoms with E-state index in [2.05, 4.69) is 193 Å². The Balaban J connectivity index is 1.24. The first kappa shape index (κ1) is 27.9. The summed E-state index contributed by atoms with van der Waals surface area (Å²) < 4.78 is 4.87. The Labute approximate surface area is 286 Å². The van der Waals surface area contributed by atoms with Crippen LogP contribution in [0.15, 0.2) is 170 Å². The van der Waals surface area contributed by atoms with Crippen molar-refractivity contribution < 1.29 is 0 Å². The smallest absolute Gasteiger partial charge is 0.0788 e. The Morgan fingerprint density at radius 3 is 1.92 bits per heavy atom. The van der Waals surface area contributed by atoms with Crippen LogP contribution in [0.3, 0.4) is 0 Å². The van der Waals surface area contributed by atoms with E-state index in [4.69, 9.17) is 0 Å². The lowest BCUT2D eigenvalue weighted by molar-refractivity contribution is 0.660. The van der Waals surface area contributed by atoms with Crippen LogP contribution < -0.4 is 0 Å². The number of benzene rings is 7. The zero-order valence-electron chi connectivity index (χ0n) is 27.6. The molecule has 7 aromatic carbocycles. The van der Waals surface area contributed by atoms with Crippen molar-refractivity contribution in [1.29, 1.82) is 0 Å². The highest BCUT2D eigenvalue weighted by atomic mass is 15.0. The fraction of sp³-hybridized carbons (Fsp3) is 0.0638. The van der Waals surface area contributed by atoms with E-state index in [1.165, 1.54) is 77.2 Å². The van der Waals surface area contributed by atoms with Crippen molar-refractivity contribution in [1.82, 2.24) is 9.13 Å². The van der Waals surface area contributed by atoms with Crippen molar-refractivity contribution in [2.45, 2.75) is 19.3 Å². The van der Waals surface area contributed by atoms with Gasteiger partial charge in [0, 0.05) is 44.7 Å². The molecule has 0 radical (unpaired) electrons. The molecule has 0 N–H and O–H groups in total. The van der Waals surface area contributed by atoms with Gasteiger partial charge >= 0.3 is 0 Å². The number of rotatable bonds is 4. The molecule has 0 amide bonds. The third-order valence-electron chi connectivity index (χ3n) is 10.7. The summed E-state index contributed by atoms with van der Waals surface area (Å²) in [7, 11) is 0. The molecule has 0 saturated carbocycles. The lowest BCUT2D eigenvalue weighted by atomic mass is 9.81. The minimum atomic E-state index is -0.0444. The molecule has 0 fully saturated rings. The third kappa shape index (κ3) is 4.07. The summed E-state index contributed by atoms with van der Waals surface area (Å²) >= 11 is 0. The summed E-state index contributed by atoms with van der Waals surface area (Å²) in [6.45, 7) is 4.71. The van der Waals surface area contributed by atoms with Gasteiger partial charge in [-0.1, -0.05) is 141 Å². The Hall–Kier alpha value is -6.12. The van der Waals surface area contributed by atoms with Crippen LogP contribution in [-0.2, 0) is 5.41 Å². The molecule has 232 valence electrons. The van der Waals surface area contributed by atoms with Gasteiger partial charge in [0.2, 0.25) is 0 Å². The molecule has 0 atom stereocenters. The quantitative estimate of drug-likeness (QED) is 0.184. The van der Waals surface area contributed by atoms with Crippen molar-refractivity contribution in [2.75, 3.05) is 0 Å². The van der Waals surface area contributed by atoms with Crippen LogP contribution in [0.1, 0.15) is 25.0 Å². The lowest BCUT2D eigenvalue weighted by Crippen LogP contribution is -2.14.